The molecule has 2 fully saturated rings. The number of ether oxygens (including phenoxy) is 1. The number of thioether (sulfide) groups is 1. The summed E-state index contributed by atoms with van der Waals surface area (Å²) in [6, 6.07) is 8.68. The molecule has 1 heterocycles. The average Bonchev–Trinajstić information content (AvgIpc) is 3.30. The Morgan fingerprint density at radius 3 is 3.05 bits per heavy atom. The summed E-state index contributed by atoms with van der Waals surface area (Å²) in [4.78, 5) is 15.6. The zero-order valence-corrected chi connectivity index (χ0v) is 13.9. The molecule has 5 heteroatoms. The fraction of sp³-hybridized carbons (Fsp3) is 0.588. The largest absolute Gasteiger partial charge is 0.497 e. The molecule has 1 aromatic carbocycles. The number of carbonyl (C=O) groups is 1. The van der Waals surface area contributed by atoms with Crippen molar-refractivity contribution in [1.82, 2.24) is 10.2 Å². The number of likely N-dealkylation sites (tertiary alicyclic amines) is 1. The molecule has 0 spiro atoms. The molecule has 1 saturated carbocycles. The summed E-state index contributed by atoms with van der Waals surface area (Å²) in [5.41, 5.74) is 0. The van der Waals surface area contributed by atoms with Crippen molar-refractivity contribution in [2.45, 2.75) is 30.2 Å². The molecular weight excluding hydrogens is 296 g/mol. The van der Waals surface area contributed by atoms with Crippen molar-refractivity contribution < 1.29 is 9.53 Å². The summed E-state index contributed by atoms with van der Waals surface area (Å²) in [6.07, 6.45) is 3.96. The lowest BCUT2D eigenvalue weighted by molar-refractivity contribution is -0.118. The van der Waals surface area contributed by atoms with Crippen LogP contribution in [0.25, 0.3) is 0 Å². The van der Waals surface area contributed by atoms with Gasteiger partial charge in [0, 0.05) is 24.0 Å². The third-order valence-electron chi connectivity index (χ3n) is 4.38. The molecule has 0 unspecified atom stereocenters. The summed E-state index contributed by atoms with van der Waals surface area (Å²) in [5, 5.41) is 3.09. The van der Waals surface area contributed by atoms with Crippen molar-refractivity contribution in [3.63, 3.8) is 0 Å². The molecule has 1 N–H and O–H groups in total. The topological polar surface area (TPSA) is 41.6 Å². The highest BCUT2D eigenvalue weighted by Crippen LogP contribution is 2.31. The second-order valence-corrected chi connectivity index (χ2v) is 7.20. The van der Waals surface area contributed by atoms with Crippen LogP contribution in [0, 0.1) is 5.92 Å². The van der Waals surface area contributed by atoms with E-state index in [4.69, 9.17) is 4.74 Å². The quantitative estimate of drug-likeness (QED) is 0.783. The number of hydrogen-bond acceptors (Lipinski definition) is 4. The van der Waals surface area contributed by atoms with Gasteiger partial charge in [-0.15, -0.1) is 11.8 Å². The normalized spacial score (nSPS) is 21.8. The summed E-state index contributed by atoms with van der Waals surface area (Å²) in [7, 11) is 1.66. The second-order valence-electron chi connectivity index (χ2n) is 6.15. The van der Waals surface area contributed by atoms with Crippen LogP contribution in [0.2, 0.25) is 0 Å². The van der Waals surface area contributed by atoms with Crippen molar-refractivity contribution in [3.8, 4) is 5.75 Å². The third-order valence-corrected chi connectivity index (χ3v) is 5.37. The number of amides is 1. The smallest absolute Gasteiger partial charge is 0.230 e. The van der Waals surface area contributed by atoms with E-state index >= 15 is 0 Å². The summed E-state index contributed by atoms with van der Waals surface area (Å²) in [5.74, 6) is 2.05. The Hall–Kier alpha value is -1.20. The number of hydrogen-bond donors (Lipinski definition) is 1. The number of carbonyl (C=O) groups excluding carboxylic acids is 1. The Bertz CT molecular complexity index is 519. The lowest BCUT2D eigenvalue weighted by Gasteiger charge is -2.15. The predicted molar refractivity (Wildman–Crippen MR) is 89.4 cm³/mol. The number of rotatable bonds is 7. The zero-order chi connectivity index (χ0) is 15.4. The van der Waals surface area contributed by atoms with Gasteiger partial charge in [0.1, 0.15) is 5.75 Å². The van der Waals surface area contributed by atoms with Gasteiger partial charge in [-0.25, -0.2) is 0 Å². The van der Waals surface area contributed by atoms with E-state index in [1.165, 1.54) is 25.8 Å². The van der Waals surface area contributed by atoms with Crippen molar-refractivity contribution in [3.05, 3.63) is 24.3 Å². The Kier molecular flexibility index (Phi) is 5.26. The van der Waals surface area contributed by atoms with Crippen LogP contribution in [0.4, 0.5) is 0 Å². The van der Waals surface area contributed by atoms with Crippen LogP contribution in [-0.4, -0.2) is 49.3 Å². The van der Waals surface area contributed by atoms with Crippen molar-refractivity contribution in [2.24, 2.45) is 5.92 Å². The van der Waals surface area contributed by atoms with Crippen LogP contribution >= 0.6 is 11.8 Å². The first-order chi connectivity index (χ1) is 10.7. The lowest BCUT2D eigenvalue weighted by Crippen LogP contribution is -2.32. The minimum Gasteiger partial charge on any atom is -0.497 e. The molecule has 4 nitrogen and oxygen atoms in total. The van der Waals surface area contributed by atoms with Gasteiger partial charge in [-0.1, -0.05) is 6.07 Å². The summed E-state index contributed by atoms with van der Waals surface area (Å²) >= 11 is 1.55. The van der Waals surface area contributed by atoms with E-state index in [1.807, 2.05) is 24.3 Å². The van der Waals surface area contributed by atoms with E-state index < -0.39 is 0 Å². The highest BCUT2D eigenvalue weighted by atomic mass is 32.2. The van der Waals surface area contributed by atoms with E-state index in [1.54, 1.807) is 18.9 Å². The van der Waals surface area contributed by atoms with Crippen molar-refractivity contribution >= 4 is 17.7 Å². The van der Waals surface area contributed by atoms with Crippen LogP contribution in [0.1, 0.15) is 19.3 Å². The highest BCUT2D eigenvalue weighted by molar-refractivity contribution is 8.00. The molecule has 3 rings (SSSR count). The molecule has 2 aliphatic rings. The van der Waals surface area contributed by atoms with E-state index in [-0.39, 0.29) is 5.91 Å². The molecule has 1 aromatic rings. The predicted octanol–water partition coefficient (Wildman–Crippen LogP) is 2.39. The zero-order valence-electron chi connectivity index (χ0n) is 13.1. The molecule has 1 saturated heterocycles. The van der Waals surface area contributed by atoms with Gasteiger partial charge in [0.2, 0.25) is 5.91 Å². The van der Waals surface area contributed by atoms with Crippen LogP contribution < -0.4 is 10.1 Å². The fourth-order valence-electron chi connectivity index (χ4n) is 2.95. The van der Waals surface area contributed by atoms with Gasteiger partial charge in [-0.2, -0.15) is 0 Å². The van der Waals surface area contributed by atoms with Gasteiger partial charge in [0.05, 0.1) is 12.9 Å². The Morgan fingerprint density at radius 1 is 1.41 bits per heavy atom. The minimum absolute atomic E-state index is 0.123. The van der Waals surface area contributed by atoms with Crippen molar-refractivity contribution in [1.29, 1.82) is 0 Å². The molecule has 1 amide bonds. The Morgan fingerprint density at radius 2 is 2.27 bits per heavy atom. The van der Waals surface area contributed by atoms with Gasteiger partial charge in [-0.05, 0) is 49.9 Å². The third kappa shape index (κ3) is 4.40. The van der Waals surface area contributed by atoms with E-state index in [2.05, 4.69) is 10.2 Å². The average molecular weight is 320 g/mol. The van der Waals surface area contributed by atoms with Gasteiger partial charge in [0.25, 0.3) is 0 Å². The number of nitrogens with zero attached hydrogens (tertiary/aromatic N) is 1. The molecular formula is C17H24N2O2S. The first kappa shape index (κ1) is 15.7. The SMILES string of the molecule is COc1cccc(SCC(=O)NC[C@H]2CCN(C3CC3)C2)c1. The van der Waals surface area contributed by atoms with Gasteiger partial charge in [0.15, 0.2) is 0 Å². The Labute approximate surface area is 136 Å². The van der Waals surface area contributed by atoms with E-state index in [9.17, 15) is 4.79 Å². The first-order valence-electron chi connectivity index (χ1n) is 8.02. The van der Waals surface area contributed by atoms with Gasteiger partial charge in [-0.3, -0.25) is 4.79 Å². The molecule has 0 bridgehead atoms. The minimum atomic E-state index is 0.123. The second kappa shape index (κ2) is 7.38. The lowest BCUT2D eigenvalue weighted by atomic mass is 10.1. The first-order valence-corrected chi connectivity index (χ1v) is 9.01. The van der Waals surface area contributed by atoms with Gasteiger partial charge < -0.3 is 15.0 Å². The molecule has 1 aliphatic heterocycles. The van der Waals surface area contributed by atoms with Crippen LogP contribution in [0.3, 0.4) is 0 Å². The molecule has 1 atom stereocenters. The van der Waals surface area contributed by atoms with E-state index in [0.717, 1.165) is 29.8 Å². The monoisotopic (exact) mass is 320 g/mol. The number of benzene rings is 1. The highest BCUT2D eigenvalue weighted by Gasteiger charge is 2.34. The van der Waals surface area contributed by atoms with Crippen LogP contribution in [0.5, 0.6) is 5.75 Å². The molecule has 1 aliphatic carbocycles. The maximum atomic E-state index is 12.0. The number of nitrogens with one attached hydrogen (secondary N) is 1. The van der Waals surface area contributed by atoms with Crippen LogP contribution in [0.15, 0.2) is 29.2 Å². The Balaban J connectivity index is 1.35. The maximum Gasteiger partial charge on any atom is 0.230 e. The molecule has 22 heavy (non-hydrogen) atoms. The molecule has 0 radical (unpaired) electrons. The molecule has 120 valence electrons. The molecule has 0 aromatic heterocycles. The maximum absolute atomic E-state index is 12.0. The van der Waals surface area contributed by atoms with E-state index in [0.29, 0.717) is 11.7 Å². The van der Waals surface area contributed by atoms with Crippen molar-refractivity contribution in [2.75, 3.05) is 32.5 Å². The van der Waals surface area contributed by atoms with Gasteiger partial charge >= 0.3 is 0 Å². The fourth-order valence-corrected chi connectivity index (χ4v) is 3.72. The van der Waals surface area contributed by atoms with Crippen LogP contribution in [-0.2, 0) is 4.79 Å². The summed E-state index contributed by atoms with van der Waals surface area (Å²) < 4.78 is 5.19. The standard InChI is InChI=1S/C17H24N2O2S/c1-21-15-3-2-4-16(9-15)22-12-17(20)18-10-13-7-8-19(11-13)14-5-6-14/h2-4,9,13-14H,5-8,10-12H2,1H3,(H,18,20)/t13-/m1/s1. The number of methoxy groups -OCH3 is 1. The summed E-state index contributed by atoms with van der Waals surface area (Å²) in [6.45, 7) is 3.19.